The highest BCUT2D eigenvalue weighted by atomic mass is 16.2. The fourth-order valence-corrected chi connectivity index (χ4v) is 2.39. The Morgan fingerprint density at radius 3 is 3.05 bits per heavy atom. The van der Waals surface area contributed by atoms with Gasteiger partial charge in [-0.25, -0.2) is 9.97 Å². The molecule has 0 saturated heterocycles. The largest absolute Gasteiger partial charge is 0.396 e. The highest BCUT2D eigenvalue weighted by Gasteiger charge is 2.25. The molecule has 6 heteroatoms. The Morgan fingerprint density at radius 1 is 1.30 bits per heavy atom. The predicted octanol–water partition coefficient (Wildman–Crippen LogP) is 0.297. The van der Waals surface area contributed by atoms with Crippen molar-refractivity contribution in [2.45, 2.75) is 19.0 Å². The number of aryl methyl sites for hydroxylation is 1. The van der Waals surface area contributed by atoms with Gasteiger partial charge in [-0.05, 0) is 31.2 Å². The van der Waals surface area contributed by atoms with Crippen LogP contribution in [0.5, 0.6) is 0 Å². The van der Waals surface area contributed by atoms with Crippen molar-refractivity contribution in [2.75, 3.05) is 12.3 Å². The van der Waals surface area contributed by atoms with Gasteiger partial charge in [-0.15, -0.1) is 0 Å². The molecule has 2 aliphatic heterocycles. The lowest BCUT2D eigenvalue weighted by molar-refractivity contribution is 0.288. The number of anilines is 1. The van der Waals surface area contributed by atoms with E-state index in [0.29, 0.717) is 12.8 Å². The Hall–Kier alpha value is -2.34. The molecule has 0 bridgehead atoms. The number of aliphatic hydroxyl groups is 1. The summed E-state index contributed by atoms with van der Waals surface area (Å²) in [6.45, 7) is 0.144. The second-order valence-corrected chi connectivity index (χ2v) is 4.74. The summed E-state index contributed by atoms with van der Waals surface area (Å²) in [5.41, 5.74) is 9.60. The molecule has 0 fully saturated rings. The summed E-state index contributed by atoms with van der Waals surface area (Å²) in [6, 6.07) is 1.93. The van der Waals surface area contributed by atoms with Crippen LogP contribution in [0.3, 0.4) is 0 Å². The van der Waals surface area contributed by atoms with Crippen molar-refractivity contribution >= 4 is 11.5 Å². The van der Waals surface area contributed by atoms with Gasteiger partial charge in [-0.3, -0.25) is 0 Å². The summed E-state index contributed by atoms with van der Waals surface area (Å²) in [6.07, 6.45) is 9.31. The van der Waals surface area contributed by atoms with Crippen LogP contribution in [0, 0.1) is 0 Å². The molecule has 0 spiro atoms. The fraction of sp³-hybridized carbons (Fsp3) is 0.286. The standard InChI is InChI=1S/C14H17N5O/c15-14-18-9(3-2-6-20)7-12(19-14)11-8-17-13-10(11)4-1-5-16-13/h1,4-5,7-8,13,16-17,20H,2-3,6H2,(H2,15,18,19). The van der Waals surface area contributed by atoms with E-state index in [2.05, 4.69) is 26.7 Å². The highest BCUT2D eigenvalue weighted by Crippen LogP contribution is 2.29. The van der Waals surface area contributed by atoms with Gasteiger partial charge in [0, 0.05) is 29.6 Å². The number of rotatable bonds is 4. The van der Waals surface area contributed by atoms with E-state index in [1.54, 1.807) is 0 Å². The van der Waals surface area contributed by atoms with E-state index in [1.807, 2.05) is 24.5 Å². The molecule has 0 aliphatic carbocycles. The molecule has 1 aromatic heterocycles. The minimum Gasteiger partial charge on any atom is -0.396 e. The van der Waals surface area contributed by atoms with Crippen molar-refractivity contribution in [3.8, 4) is 0 Å². The van der Waals surface area contributed by atoms with Crippen molar-refractivity contribution in [2.24, 2.45) is 0 Å². The van der Waals surface area contributed by atoms with Gasteiger partial charge in [-0.2, -0.15) is 0 Å². The molecule has 1 atom stereocenters. The Bertz CT molecular complexity index is 606. The van der Waals surface area contributed by atoms with Crippen LogP contribution in [-0.4, -0.2) is 27.8 Å². The van der Waals surface area contributed by atoms with Gasteiger partial charge >= 0.3 is 0 Å². The van der Waals surface area contributed by atoms with Crippen LogP contribution >= 0.6 is 0 Å². The molecule has 0 amide bonds. The molecule has 1 unspecified atom stereocenters. The lowest BCUT2D eigenvalue weighted by atomic mass is 10.0. The summed E-state index contributed by atoms with van der Waals surface area (Å²) in [7, 11) is 0. The zero-order valence-electron chi connectivity index (χ0n) is 11.0. The number of allylic oxidation sites excluding steroid dienone is 2. The van der Waals surface area contributed by atoms with Gasteiger partial charge in [0.15, 0.2) is 0 Å². The van der Waals surface area contributed by atoms with Crippen LogP contribution in [0.1, 0.15) is 17.8 Å². The number of nitrogens with one attached hydrogen (secondary N) is 2. The molecule has 20 heavy (non-hydrogen) atoms. The van der Waals surface area contributed by atoms with Crippen molar-refractivity contribution in [1.29, 1.82) is 0 Å². The van der Waals surface area contributed by atoms with Gasteiger partial charge in [0.25, 0.3) is 0 Å². The molecule has 3 rings (SSSR count). The van der Waals surface area contributed by atoms with Crippen molar-refractivity contribution in [3.05, 3.63) is 47.6 Å². The number of fused-ring (bicyclic) bond motifs is 1. The molecule has 5 N–H and O–H groups in total. The predicted molar refractivity (Wildman–Crippen MR) is 77.1 cm³/mol. The number of nitrogens with two attached hydrogens (primary N) is 1. The smallest absolute Gasteiger partial charge is 0.220 e. The monoisotopic (exact) mass is 271 g/mol. The molecule has 1 aromatic rings. The molecule has 104 valence electrons. The van der Waals surface area contributed by atoms with Crippen LogP contribution in [-0.2, 0) is 6.42 Å². The zero-order valence-corrected chi connectivity index (χ0v) is 11.0. The Labute approximate surface area is 117 Å². The van der Waals surface area contributed by atoms with E-state index in [9.17, 15) is 0 Å². The van der Waals surface area contributed by atoms with Gasteiger partial charge in [0.05, 0.1) is 5.69 Å². The van der Waals surface area contributed by atoms with E-state index in [-0.39, 0.29) is 18.7 Å². The van der Waals surface area contributed by atoms with E-state index in [4.69, 9.17) is 10.8 Å². The van der Waals surface area contributed by atoms with Crippen LogP contribution in [0.15, 0.2) is 36.2 Å². The first kappa shape index (κ1) is 12.7. The molecule has 2 aliphatic rings. The second-order valence-electron chi connectivity index (χ2n) is 4.74. The fourth-order valence-electron chi connectivity index (χ4n) is 2.39. The first-order chi connectivity index (χ1) is 9.78. The van der Waals surface area contributed by atoms with Crippen molar-refractivity contribution < 1.29 is 5.11 Å². The summed E-state index contributed by atoms with van der Waals surface area (Å²) < 4.78 is 0. The van der Waals surface area contributed by atoms with Gasteiger partial charge in [0.1, 0.15) is 6.17 Å². The molecule has 0 saturated carbocycles. The highest BCUT2D eigenvalue weighted by molar-refractivity contribution is 5.81. The molecular weight excluding hydrogens is 254 g/mol. The maximum atomic E-state index is 8.91. The van der Waals surface area contributed by atoms with E-state index in [0.717, 1.165) is 22.5 Å². The third kappa shape index (κ3) is 2.37. The second kappa shape index (κ2) is 5.34. The Morgan fingerprint density at radius 2 is 2.20 bits per heavy atom. The van der Waals surface area contributed by atoms with Crippen LogP contribution in [0.2, 0.25) is 0 Å². The number of hydrogen-bond acceptors (Lipinski definition) is 6. The van der Waals surface area contributed by atoms with Gasteiger partial charge < -0.3 is 21.5 Å². The Balaban J connectivity index is 1.92. The van der Waals surface area contributed by atoms with Gasteiger partial charge in [-0.1, -0.05) is 6.08 Å². The first-order valence-corrected chi connectivity index (χ1v) is 6.62. The van der Waals surface area contributed by atoms with Gasteiger partial charge in [0.2, 0.25) is 5.95 Å². The molecule has 0 aromatic carbocycles. The first-order valence-electron chi connectivity index (χ1n) is 6.62. The number of aromatic nitrogens is 2. The Kier molecular flexibility index (Phi) is 3.39. The third-order valence-corrected chi connectivity index (χ3v) is 3.31. The van der Waals surface area contributed by atoms with E-state index in [1.165, 1.54) is 0 Å². The number of aliphatic hydroxyl groups excluding tert-OH is 1. The summed E-state index contributed by atoms with van der Waals surface area (Å²) in [4.78, 5) is 8.52. The van der Waals surface area contributed by atoms with Crippen molar-refractivity contribution in [3.63, 3.8) is 0 Å². The SMILES string of the molecule is Nc1nc(CCCO)cc(C2=CNC3NC=CC=C23)n1. The maximum absolute atomic E-state index is 8.91. The molecule has 6 nitrogen and oxygen atoms in total. The average Bonchev–Trinajstić information content (AvgIpc) is 2.88. The van der Waals surface area contributed by atoms with E-state index >= 15 is 0 Å². The molecule has 0 radical (unpaired) electrons. The third-order valence-electron chi connectivity index (χ3n) is 3.31. The summed E-state index contributed by atoms with van der Waals surface area (Å²) >= 11 is 0. The minimum atomic E-state index is 0.0899. The maximum Gasteiger partial charge on any atom is 0.220 e. The lowest BCUT2D eigenvalue weighted by Gasteiger charge is -2.18. The van der Waals surface area contributed by atoms with Crippen LogP contribution < -0.4 is 16.4 Å². The van der Waals surface area contributed by atoms with Crippen molar-refractivity contribution in [1.82, 2.24) is 20.6 Å². The number of nitrogen functional groups attached to an aromatic ring is 1. The lowest BCUT2D eigenvalue weighted by Crippen LogP contribution is -2.35. The topological polar surface area (TPSA) is 96.1 Å². The summed E-state index contributed by atoms with van der Waals surface area (Å²) in [5, 5.41) is 15.4. The van der Waals surface area contributed by atoms with E-state index < -0.39 is 0 Å². The van der Waals surface area contributed by atoms with Crippen LogP contribution in [0.25, 0.3) is 5.57 Å². The minimum absolute atomic E-state index is 0.0899. The normalized spacial score (nSPS) is 19.8. The molecule has 3 heterocycles. The average molecular weight is 271 g/mol. The number of dihydropyridines is 1. The molecular formula is C14H17N5O. The quantitative estimate of drug-likeness (QED) is 0.629. The number of hydrogen-bond donors (Lipinski definition) is 4. The van der Waals surface area contributed by atoms with Crippen LogP contribution in [0.4, 0.5) is 5.95 Å². The zero-order chi connectivity index (χ0) is 13.9. The summed E-state index contributed by atoms with van der Waals surface area (Å²) in [5.74, 6) is 0.264. The number of nitrogens with zero attached hydrogens (tertiary/aromatic N) is 2.